The van der Waals surface area contributed by atoms with Gasteiger partial charge in [0.25, 0.3) is 0 Å². The number of ether oxygens (including phenoxy) is 2. The van der Waals surface area contributed by atoms with Crippen LogP contribution in [0.1, 0.15) is 24.8 Å². The van der Waals surface area contributed by atoms with Crippen molar-refractivity contribution in [2.45, 2.75) is 31.8 Å². The number of nitrogens with zero attached hydrogens (tertiary/aromatic N) is 2. The molecule has 4 rings (SSSR count). The second-order valence-corrected chi connectivity index (χ2v) is 6.11. The van der Waals surface area contributed by atoms with E-state index in [0.717, 1.165) is 24.1 Å². The summed E-state index contributed by atoms with van der Waals surface area (Å²) >= 11 is 0. The summed E-state index contributed by atoms with van der Waals surface area (Å²) in [4.78, 5) is 5.28. The molecule has 0 aliphatic carbocycles. The van der Waals surface area contributed by atoms with Crippen LogP contribution in [0.25, 0.3) is 0 Å². The van der Waals surface area contributed by atoms with Crippen molar-refractivity contribution in [3.63, 3.8) is 0 Å². The quantitative estimate of drug-likeness (QED) is 0.824. The average molecular weight is 274 g/mol. The predicted octanol–water partition coefficient (Wildman–Crippen LogP) is 2.09. The minimum atomic E-state index is 0.361. The molecule has 0 aromatic heterocycles. The lowest BCUT2D eigenvalue weighted by Crippen LogP contribution is -2.36. The maximum atomic E-state index is 5.47. The molecule has 1 aromatic carbocycles. The number of hydrogen-bond donors (Lipinski definition) is 0. The van der Waals surface area contributed by atoms with Crippen LogP contribution >= 0.6 is 0 Å². The highest BCUT2D eigenvalue weighted by molar-refractivity contribution is 5.44. The highest BCUT2D eigenvalue weighted by Crippen LogP contribution is 2.33. The molecule has 4 heteroatoms. The summed E-state index contributed by atoms with van der Waals surface area (Å²) in [5, 5.41) is 0. The summed E-state index contributed by atoms with van der Waals surface area (Å²) in [5.74, 6) is 1.78. The summed E-state index contributed by atoms with van der Waals surface area (Å²) in [6.07, 6.45) is 4.04. The zero-order valence-electron chi connectivity index (χ0n) is 11.9. The molecule has 3 aliphatic rings. The molecule has 3 aliphatic heterocycles. The van der Waals surface area contributed by atoms with Crippen LogP contribution in [0.4, 0.5) is 0 Å². The van der Waals surface area contributed by atoms with Crippen molar-refractivity contribution in [1.82, 2.24) is 9.80 Å². The van der Waals surface area contributed by atoms with Crippen LogP contribution in [0.15, 0.2) is 18.2 Å². The SMILES string of the molecule is c1cc2c(cc1CN1CCCN3CCCC3C1)OCO2. The van der Waals surface area contributed by atoms with Crippen LogP contribution in [0.3, 0.4) is 0 Å². The van der Waals surface area contributed by atoms with Crippen molar-refractivity contribution >= 4 is 0 Å². The number of hydrogen-bond acceptors (Lipinski definition) is 4. The van der Waals surface area contributed by atoms with E-state index in [-0.39, 0.29) is 0 Å². The van der Waals surface area contributed by atoms with Gasteiger partial charge in [0, 0.05) is 19.1 Å². The summed E-state index contributed by atoms with van der Waals surface area (Å²) in [6, 6.07) is 7.13. The van der Waals surface area contributed by atoms with Gasteiger partial charge < -0.3 is 9.47 Å². The van der Waals surface area contributed by atoms with Gasteiger partial charge in [0.1, 0.15) is 0 Å². The molecular weight excluding hydrogens is 252 g/mol. The molecule has 0 saturated carbocycles. The molecule has 1 unspecified atom stereocenters. The molecule has 20 heavy (non-hydrogen) atoms. The standard InChI is InChI=1S/C16H22N2O2/c1-3-14-11-17(6-2-8-18(14)7-1)10-13-4-5-15-16(9-13)20-12-19-15/h4-5,9,14H,1-3,6-8,10-12H2. The van der Waals surface area contributed by atoms with Gasteiger partial charge in [0.15, 0.2) is 11.5 Å². The van der Waals surface area contributed by atoms with E-state index in [1.54, 1.807) is 0 Å². The molecule has 108 valence electrons. The molecular formula is C16H22N2O2. The molecule has 0 bridgehead atoms. The maximum absolute atomic E-state index is 5.47. The van der Waals surface area contributed by atoms with Gasteiger partial charge in [-0.25, -0.2) is 0 Å². The summed E-state index contributed by atoms with van der Waals surface area (Å²) in [5.41, 5.74) is 1.33. The van der Waals surface area contributed by atoms with Crippen molar-refractivity contribution < 1.29 is 9.47 Å². The zero-order valence-corrected chi connectivity index (χ0v) is 11.9. The Bertz CT molecular complexity index is 491. The van der Waals surface area contributed by atoms with Gasteiger partial charge in [-0.2, -0.15) is 0 Å². The molecule has 1 atom stereocenters. The number of fused-ring (bicyclic) bond motifs is 2. The lowest BCUT2D eigenvalue weighted by molar-refractivity contribution is 0.174. The Kier molecular flexibility index (Phi) is 3.28. The minimum absolute atomic E-state index is 0.361. The first kappa shape index (κ1) is 12.5. The predicted molar refractivity (Wildman–Crippen MR) is 77.1 cm³/mol. The molecule has 0 spiro atoms. The Labute approximate surface area is 120 Å². The monoisotopic (exact) mass is 274 g/mol. The summed E-state index contributed by atoms with van der Waals surface area (Å²) < 4.78 is 10.9. The van der Waals surface area contributed by atoms with Crippen LogP contribution in [-0.2, 0) is 6.54 Å². The van der Waals surface area contributed by atoms with E-state index in [0.29, 0.717) is 6.79 Å². The van der Waals surface area contributed by atoms with Crippen molar-refractivity contribution in [3.05, 3.63) is 23.8 Å². The van der Waals surface area contributed by atoms with Gasteiger partial charge in [-0.05, 0) is 56.6 Å². The Morgan fingerprint density at radius 3 is 2.95 bits per heavy atom. The molecule has 4 nitrogen and oxygen atoms in total. The van der Waals surface area contributed by atoms with Crippen molar-refractivity contribution in [2.24, 2.45) is 0 Å². The second kappa shape index (κ2) is 5.26. The van der Waals surface area contributed by atoms with E-state index in [4.69, 9.17) is 9.47 Å². The third-order valence-electron chi connectivity index (χ3n) is 4.73. The molecule has 2 fully saturated rings. The van der Waals surface area contributed by atoms with E-state index < -0.39 is 0 Å². The van der Waals surface area contributed by atoms with Gasteiger partial charge >= 0.3 is 0 Å². The lowest BCUT2D eigenvalue weighted by atomic mass is 10.1. The van der Waals surface area contributed by atoms with E-state index in [1.165, 1.54) is 51.0 Å². The second-order valence-electron chi connectivity index (χ2n) is 6.11. The van der Waals surface area contributed by atoms with Crippen molar-refractivity contribution in [2.75, 3.05) is 33.0 Å². The minimum Gasteiger partial charge on any atom is -0.454 e. The van der Waals surface area contributed by atoms with Crippen LogP contribution in [-0.4, -0.2) is 48.8 Å². The number of benzene rings is 1. The first-order valence-electron chi connectivity index (χ1n) is 7.73. The van der Waals surface area contributed by atoms with Crippen LogP contribution in [0.5, 0.6) is 11.5 Å². The molecule has 3 heterocycles. The first-order valence-corrected chi connectivity index (χ1v) is 7.73. The fraction of sp³-hybridized carbons (Fsp3) is 0.625. The van der Waals surface area contributed by atoms with Crippen molar-refractivity contribution in [3.8, 4) is 11.5 Å². The normalized spacial score (nSPS) is 26.5. The Balaban J connectivity index is 1.45. The van der Waals surface area contributed by atoms with Crippen LogP contribution < -0.4 is 9.47 Å². The molecule has 0 amide bonds. The summed E-state index contributed by atoms with van der Waals surface area (Å²) in [7, 11) is 0. The topological polar surface area (TPSA) is 24.9 Å². The van der Waals surface area contributed by atoms with Gasteiger partial charge in [0.2, 0.25) is 6.79 Å². The highest BCUT2D eigenvalue weighted by Gasteiger charge is 2.28. The molecule has 1 aromatic rings. The fourth-order valence-electron chi connectivity index (χ4n) is 3.72. The zero-order chi connectivity index (χ0) is 13.4. The van der Waals surface area contributed by atoms with Gasteiger partial charge in [-0.1, -0.05) is 6.07 Å². The smallest absolute Gasteiger partial charge is 0.231 e. The summed E-state index contributed by atoms with van der Waals surface area (Å²) in [6.45, 7) is 6.40. The third kappa shape index (κ3) is 2.38. The van der Waals surface area contributed by atoms with Gasteiger partial charge in [-0.3, -0.25) is 9.80 Å². The fourth-order valence-corrected chi connectivity index (χ4v) is 3.72. The van der Waals surface area contributed by atoms with Gasteiger partial charge in [0.05, 0.1) is 0 Å². The Morgan fingerprint density at radius 2 is 1.95 bits per heavy atom. The maximum Gasteiger partial charge on any atom is 0.231 e. The van der Waals surface area contributed by atoms with Gasteiger partial charge in [-0.15, -0.1) is 0 Å². The largest absolute Gasteiger partial charge is 0.454 e. The van der Waals surface area contributed by atoms with Crippen LogP contribution in [0, 0.1) is 0 Å². The Morgan fingerprint density at radius 1 is 1.05 bits per heavy atom. The molecule has 2 saturated heterocycles. The Hall–Kier alpha value is -1.26. The van der Waals surface area contributed by atoms with E-state index in [9.17, 15) is 0 Å². The first-order chi connectivity index (χ1) is 9.88. The molecule has 0 N–H and O–H groups in total. The van der Waals surface area contributed by atoms with Crippen molar-refractivity contribution in [1.29, 1.82) is 0 Å². The van der Waals surface area contributed by atoms with Crippen LogP contribution in [0.2, 0.25) is 0 Å². The van der Waals surface area contributed by atoms with E-state index in [2.05, 4.69) is 21.9 Å². The molecule has 0 radical (unpaired) electrons. The highest BCUT2D eigenvalue weighted by atomic mass is 16.7. The van der Waals surface area contributed by atoms with E-state index in [1.807, 2.05) is 6.07 Å². The lowest BCUT2D eigenvalue weighted by Gasteiger charge is -2.25. The third-order valence-corrected chi connectivity index (χ3v) is 4.73. The number of rotatable bonds is 2. The van der Waals surface area contributed by atoms with E-state index >= 15 is 0 Å². The average Bonchev–Trinajstić information content (AvgIpc) is 3.04.